The minimum atomic E-state index is -1.04. The molecule has 20 heavy (non-hydrogen) atoms. The first-order chi connectivity index (χ1) is 9.19. The molecule has 2 rings (SSSR count). The van der Waals surface area contributed by atoms with Gasteiger partial charge in [0.05, 0.1) is 28.0 Å². The van der Waals surface area contributed by atoms with Crippen LogP contribution in [0.4, 0.5) is 11.4 Å². The van der Waals surface area contributed by atoms with Gasteiger partial charge in [-0.25, -0.2) is 4.79 Å². The molecule has 0 bridgehead atoms. The average molecular weight is 299 g/mol. The number of hydrogen-bond acceptors (Lipinski definition) is 4. The van der Waals surface area contributed by atoms with Crippen molar-refractivity contribution in [3.05, 3.63) is 22.7 Å². The van der Waals surface area contributed by atoms with E-state index in [-0.39, 0.29) is 17.3 Å². The number of nitrogens with zero attached hydrogens (tertiary/aromatic N) is 1. The molecule has 0 aliphatic carbocycles. The third-order valence-corrected chi connectivity index (χ3v) is 3.49. The first kappa shape index (κ1) is 14.9. The van der Waals surface area contributed by atoms with E-state index in [0.29, 0.717) is 29.5 Å². The highest BCUT2D eigenvalue weighted by molar-refractivity contribution is 6.34. The summed E-state index contributed by atoms with van der Waals surface area (Å²) in [4.78, 5) is 13.4. The molecule has 110 valence electrons. The lowest BCUT2D eigenvalue weighted by Crippen LogP contribution is -2.52. The number of aromatic carboxylic acids is 1. The summed E-state index contributed by atoms with van der Waals surface area (Å²) < 4.78 is 5.83. The number of carbonyl (C=O) groups is 1. The summed E-state index contributed by atoms with van der Waals surface area (Å²) in [6.07, 6.45) is -0.00554. The van der Waals surface area contributed by atoms with Crippen LogP contribution in [0.5, 0.6) is 0 Å². The van der Waals surface area contributed by atoms with Crippen LogP contribution >= 0.6 is 11.6 Å². The van der Waals surface area contributed by atoms with Crippen molar-refractivity contribution in [3.8, 4) is 0 Å². The standard InChI is InChI=1S/C14H19ClN2O3/c1-8-6-17(7-14(2,3)20-8)12-10(13(18)19)4-9(16)5-11(12)15/h4-5,8H,6-7,16H2,1-3H3,(H,18,19). The molecule has 3 N–H and O–H groups in total. The van der Waals surface area contributed by atoms with Crippen LogP contribution in [0.1, 0.15) is 31.1 Å². The maximum absolute atomic E-state index is 11.4. The monoisotopic (exact) mass is 298 g/mol. The predicted octanol–water partition coefficient (Wildman–Crippen LogP) is 2.62. The Hall–Kier alpha value is -1.46. The smallest absolute Gasteiger partial charge is 0.337 e. The van der Waals surface area contributed by atoms with Gasteiger partial charge in [-0.15, -0.1) is 0 Å². The van der Waals surface area contributed by atoms with E-state index in [1.54, 1.807) is 6.07 Å². The summed E-state index contributed by atoms with van der Waals surface area (Å²) >= 11 is 6.23. The number of carboxylic acid groups (broad SMARTS) is 1. The van der Waals surface area contributed by atoms with Gasteiger partial charge in [0.15, 0.2) is 0 Å². The molecular weight excluding hydrogens is 280 g/mol. The van der Waals surface area contributed by atoms with E-state index in [0.717, 1.165) is 0 Å². The molecule has 1 atom stereocenters. The van der Waals surface area contributed by atoms with Crippen molar-refractivity contribution in [1.82, 2.24) is 0 Å². The first-order valence-corrected chi connectivity index (χ1v) is 6.82. The normalized spacial score (nSPS) is 21.8. The second-order valence-corrected chi connectivity index (χ2v) is 6.18. The van der Waals surface area contributed by atoms with Gasteiger partial charge in [0, 0.05) is 18.8 Å². The van der Waals surface area contributed by atoms with Crippen molar-refractivity contribution in [3.63, 3.8) is 0 Å². The van der Waals surface area contributed by atoms with E-state index in [9.17, 15) is 9.90 Å². The van der Waals surface area contributed by atoms with Crippen LogP contribution in [0, 0.1) is 0 Å². The molecule has 0 aromatic heterocycles. The lowest BCUT2D eigenvalue weighted by Gasteiger charge is -2.43. The van der Waals surface area contributed by atoms with Gasteiger partial charge in [-0.1, -0.05) is 11.6 Å². The Balaban J connectivity index is 2.49. The Kier molecular flexibility index (Phi) is 3.84. The number of benzene rings is 1. The molecular formula is C14H19ClN2O3. The number of morpholine rings is 1. The molecule has 1 unspecified atom stereocenters. The maximum Gasteiger partial charge on any atom is 0.337 e. The Morgan fingerprint density at radius 3 is 2.75 bits per heavy atom. The van der Waals surface area contributed by atoms with Crippen LogP contribution < -0.4 is 10.6 Å². The molecule has 1 aromatic rings. The second-order valence-electron chi connectivity index (χ2n) is 5.77. The van der Waals surface area contributed by atoms with Crippen molar-refractivity contribution < 1.29 is 14.6 Å². The number of carboxylic acids is 1. The number of hydrogen-bond donors (Lipinski definition) is 2. The zero-order chi connectivity index (χ0) is 15.1. The van der Waals surface area contributed by atoms with Gasteiger partial charge in [-0.05, 0) is 32.9 Å². The average Bonchev–Trinajstić information content (AvgIpc) is 2.24. The van der Waals surface area contributed by atoms with Crippen LogP contribution in [0.3, 0.4) is 0 Å². The minimum absolute atomic E-state index is 0.00554. The number of halogens is 1. The topological polar surface area (TPSA) is 75.8 Å². The Morgan fingerprint density at radius 1 is 1.55 bits per heavy atom. The first-order valence-electron chi connectivity index (χ1n) is 6.45. The summed E-state index contributed by atoms with van der Waals surface area (Å²) in [7, 11) is 0. The molecule has 1 heterocycles. The van der Waals surface area contributed by atoms with E-state index in [1.165, 1.54) is 6.07 Å². The molecule has 0 saturated carbocycles. The highest BCUT2D eigenvalue weighted by atomic mass is 35.5. The summed E-state index contributed by atoms with van der Waals surface area (Å²) in [5.74, 6) is -1.04. The molecule has 1 fully saturated rings. The predicted molar refractivity (Wildman–Crippen MR) is 79.7 cm³/mol. The summed E-state index contributed by atoms with van der Waals surface area (Å²) in [5, 5.41) is 9.72. The fraction of sp³-hybridized carbons (Fsp3) is 0.500. The van der Waals surface area contributed by atoms with Crippen molar-refractivity contribution in [2.45, 2.75) is 32.5 Å². The largest absolute Gasteiger partial charge is 0.478 e. The molecule has 0 radical (unpaired) electrons. The zero-order valence-corrected chi connectivity index (χ0v) is 12.6. The number of nitrogens with two attached hydrogens (primary N) is 1. The van der Waals surface area contributed by atoms with Gasteiger partial charge in [0.1, 0.15) is 0 Å². The van der Waals surface area contributed by atoms with Crippen molar-refractivity contribution >= 4 is 28.9 Å². The number of anilines is 2. The summed E-state index contributed by atoms with van der Waals surface area (Å²) in [6, 6.07) is 3.02. The van der Waals surface area contributed by atoms with Crippen LogP contribution in [-0.4, -0.2) is 35.9 Å². The van der Waals surface area contributed by atoms with Gasteiger partial charge in [-0.2, -0.15) is 0 Å². The van der Waals surface area contributed by atoms with Crippen LogP contribution in [0.2, 0.25) is 5.02 Å². The fourth-order valence-corrected chi connectivity index (χ4v) is 3.08. The Morgan fingerprint density at radius 2 is 2.20 bits per heavy atom. The SMILES string of the molecule is CC1CN(c2c(Cl)cc(N)cc2C(=O)O)CC(C)(C)O1. The van der Waals surface area contributed by atoms with E-state index < -0.39 is 5.97 Å². The summed E-state index contributed by atoms with van der Waals surface area (Å²) in [5.41, 5.74) is 6.30. The van der Waals surface area contributed by atoms with Gasteiger partial charge in [0.25, 0.3) is 0 Å². The number of rotatable bonds is 2. The molecule has 1 aliphatic rings. The van der Waals surface area contributed by atoms with Crippen molar-refractivity contribution in [2.24, 2.45) is 0 Å². The van der Waals surface area contributed by atoms with Gasteiger partial charge < -0.3 is 20.5 Å². The molecule has 1 saturated heterocycles. The summed E-state index contributed by atoms with van der Waals surface area (Å²) in [6.45, 7) is 7.07. The maximum atomic E-state index is 11.4. The van der Waals surface area contributed by atoms with Crippen LogP contribution in [-0.2, 0) is 4.74 Å². The molecule has 1 aliphatic heterocycles. The van der Waals surface area contributed by atoms with Gasteiger partial charge >= 0.3 is 5.97 Å². The fourth-order valence-electron chi connectivity index (χ4n) is 2.73. The third kappa shape index (κ3) is 2.99. The van der Waals surface area contributed by atoms with Crippen LogP contribution in [0.25, 0.3) is 0 Å². The van der Waals surface area contributed by atoms with Crippen molar-refractivity contribution in [2.75, 3.05) is 23.7 Å². The third-order valence-electron chi connectivity index (χ3n) is 3.20. The highest BCUT2D eigenvalue weighted by Crippen LogP contribution is 2.36. The van der Waals surface area contributed by atoms with Crippen LogP contribution in [0.15, 0.2) is 12.1 Å². The highest BCUT2D eigenvalue weighted by Gasteiger charge is 2.34. The van der Waals surface area contributed by atoms with Gasteiger partial charge in [0.2, 0.25) is 0 Å². The minimum Gasteiger partial charge on any atom is -0.478 e. The molecule has 5 nitrogen and oxygen atoms in total. The Labute approximate surface area is 123 Å². The molecule has 6 heteroatoms. The van der Waals surface area contributed by atoms with E-state index in [2.05, 4.69) is 0 Å². The molecule has 1 aromatic carbocycles. The van der Waals surface area contributed by atoms with Gasteiger partial charge in [-0.3, -0.25) is 0 Å². The lowest BCUT2D eigenvalue weighted by molar-refractivity contribution is -0.0750. The van der Waals surface area contributed by atoms with E-state index >= 15 is 0 Å². The quantitative estimate of drug-likeness (QED) is 0.821. The van der Waals surface area contributed by atoms with Crippen molar-refractivity contribution in [1.29, 1.82) is 0 Å². The second kappa shape index (κ2) is 5.14. The zero-order valence-electron chi connectivity index (χ0n) is 11.8. The number of ether oxygens (including phenoxy) is 1. The lowest BCUT2D eigenvalue weighted by atomic mass is 10.0. The Bertz CT molecular complexity index is 545. The number of nitrogen functional groups attached to an aromatic ring is 1. The molecule has 0 spiro atoms. The van der Waals surface area contributed by atoms with E-state index in [4.69, 9.17) is 22.1 Å². The molecule has 0 amide bonds. The van der Waals surface area contributed by atoms with E-state index in [1.807, 2.05) is 25.7 Å².